The molecular weight excluding hydrogens is 218 g/mol. The van der Waals surface area contributed by atoms with E-state index in [0.717, 1.165) is 49.4 Å². The van der Waals surface area contributed by atoms with Gasteiger partial charge < -0.3 is 14.8 Å². The molecule has 2 aromatic rings. The second-order valence-corrected chi connectivity index (χ2v) is 4.07. The van der Waals surface area contributed by atoms with Crippen LogP contribution in [-0.4, -0.2) is 52.4 Å². The highest BCUT2D eigenvalue weighted by Crippen LogP contribution is 2.22. The van der Waals surface area contributed by atoms with Crippen LogP contribution in [0.1, 0.15) is 0 Å². The molecule has 2 aromatic heterocycles. The predicted molar refractivity (Wildman–Crippen MR) is 63.7 cm³/mol. The van der Waals surface area contributed by atoms with Crippen LogP contribution in [0.2, 0.25) is 0 Å². The van der Waals surface area contributed by atoms with E-state index in [-0.39, 0.29) is 0 Å². The van der Waals surface area contributed by atoms with Gasteiger partial charge in [-0.2, -0.15) is 0 Å². The van der Waals surface area contributed by atoms with E-state index in [2.05, 4.69) is 19.9 Å². The van der Waals surface area contributed by atoms with E-state index in [1.165, 1.54) is 0 Å². The number of carbonyl (C=O) groups is 1. The maximum absolute atomic E-state index is 10.7. The molecular formula is C11H13N5O. The van der Waals surface area contributed by atoms with Crippen LogP contribution in [0.5, 0.6) is 0 Å². The molecule has 0 aromatic carbocycles. The van der Waals surface area contributed by atoms with Gasteiger partial charge in [-0.1, -0.05) is 0 Å². The Labute approximate surface area is 98.3 Å². The highest BCUT2D eigenvalue weighted by Gasteiger charge is 2.18. The number of aromatic amines is 1. The molecule has 1 fully saturated rings. The molecule has 0 aliphatic carbocycles. The van der Waals surface area contributed by atoms with E-state index in [4.69, 9.17) is 0 Å². The molecule has 0 spiro atoms. The van der Waals surface area contributed by atoms with Crippen LogP contribution in [0, 0.1) is 0 Å². The third-order valence-electron chi connectivity index (χ3n) is 3.10. The lowest BCUT2D eigenvalue weighted by Gasteiger charge is -2.33. The van der Waals surface area contributed by atoms with Crippen molar-refractivity contribution in [3.8, 4) is 0 Å². The molecule has 6 nitrogen and oxygen atoms in total. The molecule has 3 heterocycles. The Balaban J connectivity index is 1.89. The molecule has 1 N–H and O–H groups in total. The molecule has 88 valence electrons. The number of rotatable bonds is 2. The predicted octanol–water partition coefficient (Wildman–Crippen LogP) is 0.236. The van der Waals surface area contributed by atoms with E-state index < -0.39 is 0 Å². The quantitative estimate of drug-likeness (QED) is 0.752. The van der Waals surface area contributed by atoms with Crippen molar-refractivity contribution in [1.82, 2.24) is 19.9 Å². The monoisotopic (exact) mass is 231 g/mol. The second kappa shape index (κ2) is 4.04. The third kappa shape index (κ3) is 1.71. The Morgan fingerprint density at radius 3 is 2.82 bits per heavy atom. The Kier molecular flexibility index (Phi) is 2.40. The molecule has 0 unspecified atom stereocenters. The highest BCUT2D eigenvalue weighted by atomic mass is 16.1. The number of amides is 1. The summed E-state index contributed by atoms with van der Waals surface area (Å²) >= 11 is 0. The zero-order valence-corrected chi connectivity index (χ0v) is 9.33. The number of nitrogens with one attached hydrogen (secondary N) is 1. The Morgan fingerprint density at radius 1 is 1.24 bits per heavy atom. The fourth-order valence-electron chi connectivity index (χ4n) is 2.15. The van der Waals surface area contributed by atoms with Gasteiger partial charge in [0.2, 0.25) is 6.41 Å². The van der Waals surface area contributed by atoms with Crippen molar-refractivity contribution in [2.45, 2.75) is 0 Å². The lowest BCUT2D eigenvalue weighted by atomic mass is 10.3. The summed E-state index contributed by atoms with van der Waals surface area (Å²) in [5.74, 6) is 0.946. The fraction of sp³-hybridized carbons (Fsp3) is 0.364. The molecule has 1 amide bonds. The maximum Gasteiger partial charge on any atom is 0.209 e. The topological polar surface area (TPSA) is 65.1 Å². The van der Waals surface area contributed by atoms with Gasteiger partial charge in [0.1, 0.15) is 17.8 Å². The minimum absolute atomic E-state index is 0.749. The number of carbonyl (C=O) groups excluding carboxylic acids is 1. The van der Waals surface area contributed by atoms with Gasteiger partial charge in [0.15, 0.2) is 0 Å². The number of anilines is 1. The average molecular weight is 231 g/mol. The Morgan fingerprint density at radius 2 is 2.06 bits per heavy atom. The van der Waals surface area contributed by atoms with Crippen molar-refractivity contribution in [3.05, 3.63) is 18.6 Å². The molecule has 1 aliphatic rings. The van der Waals surface area contributed by atoms with Gasteiger partial charge in [0.25, 0.3) is 0 Å². The number of aromatic nitrogens is 3. The van der Waals surface area contributed by atoms with E-state index in [1.807, 2.05) is 12.3 Å². The van der Waals surface area contributed by atoms with Gasteiger partial charge >= 0.3 is 0 Å². The zero-order valence-electron chi connectivity index (χ0n) is 9.33. The third-order valence-corrected chi connectivity index (χ3v) is 3.10. The minimum atomic E-state index is 0.749. The van der Waals surface area contributed by atoms with Gasteiger partial charge in [-0.3, -0.25) is 4.79 Å². The summed E-state index contributed by atoms with van der Waals surface area (Å²) in [7, 11) is 0. The van der Waals surface area contributed by atoms with E-state index in [9.17, 15) is 4.79 Å². The van der Waals surface area contributed by atoms with Gasteiger partial charge in [-0.15, -0.1) is 0 Å². The summed E-state index contributed by atoms with van der Waals surface area (Å²) in [6, 6.07) is 1.98. The van der Waals surface area contributed by atoms with Crippen molar-refractivity contribution >= 4 is 23.3 Å². The summed E-state index contributed by atoms with van der Waals surface area (Å²) < 4.78 is 0. The summed E-state index contributed by atoms with van der Waals surface area (Å²) in [5.41, 5.74) is 0.854. The van der Waals surface area contributed by atoms with E-state index in [0.29, 0.717) is 0 Å². The zero-order chi connectivity index (χ0) is 11.7. The molecule has 3 rings (SSSR count). The Bertz CT molecular complexity index is 529. The summed E-state index contributed by atoms with van der Waals surface area (Å²) in [4.78, 5) is 26.2. The summed E-state index contributed by atoms with van der Waals surface area (Å²) in [6.07, 6.45) is 4.34. The first-order chi connectivity index (χ1) is 8.38. The number of nitrogens with zero attached hydrogens (tertiary/aromatic N) is 4. The normalized spacial score (nSPS) is 16.5. The van der Waals surface area contributed by atoms with Crippen molar-refractivity contribution in [2.24, 2.45) is 0 Å². The van der Waals surface area contributed by atoms with E-state index >= 15 is 0 Å². The van der Waals surface area contributed by atoms with Crippen LogP contribution in [-0.2, 0) is 4.79 Å². The molecule has 6 heteroatoms. The largest absolute Gasteiger partial charge is 0.352 e. The van der Waals surface area contributed by atoms with Crippen LogP contribution in [0.25, 0.3) is 11.0 Å². The van der Waals surface area contributed by atoms with Crippen LogP contribution in [0.3, 0.4) is 0 Å². The lowest BCUT2D eigenvalue weighted by Crippen LogP contribution is -2.46. The molecule has 1 aliphatic heterocycles. The van der Waals surface area contributed by atoms with Crippen LogP contribution < -0.4 is 4.90 Å². The van der Waals surface area contributed by atoms with Gasteiger partial charge in [0.05, 0.1) is 5.39 Å². The van der Waals surface area contributed by atoms with Gasteiger partial charge in [0, 0.05) is 32.4 Å². The van der Waals surface area contributed by atoms with Gasteiger partial charge in [-0.25, -0.2) is 9.97 Å². The van der Waals surface area contributed by atoms with Crippen LogP contribution in [0.15, 0.2) is 18.6 Å². The lowest BCUT2D eigenvalue weighted by molar-refractivity contribution is -0.118. The van der Waals surface area contributed by atoms with Crippen molar-refractivity contribution < 1.29 is 4.79 Å². The van der Waals surface area contributed by atoms with Crippen LogP contribution in [0.4, 0.5) is 5.82 Å². The smallest absolute Gasteiger partial charge is 0.209 e. The van der Waals surface area contributed by atoms with Gasteiger partial charge in [-0.05, 0) is 6.07 Å². The molecule has 1 saturated heterocycles. The standard InChI is InChI=1S/C11H13N5O/c17-8-15-3-5-16(6-4-15)11-9-1-2-12-10(9)13-7-14-11/h1-2,7-8H,3-6H2,(H,12,13,14). The second-order valence-electron chi connectivity index (χ2n) is 4.07. The van der Waals surface area contributed by atoms with Crippen LogP contribution >= 0.6 is 0 Å². The first kappa shape index (κ1) is 10.1. The number of H-pyrrole nitrogens is 1. The number of hydrogen-bond donors (Lipinski definition) is 1. The average Bonchev–Trinajstić information content (AvgIpc) is 2.87. The summed E-state index contributed by atoms with van der Waals surface area (Å²) in [6.45, 7) is 3.13. The van der Waals surface area contributed by atoms with Crippen molar-refractivity contribution in [1.29, 1.82) is 0 Å². The van der Waals surface area contributed by atoms with Crippen molar-refractivity contribution in [2.75, 3.05) is 31.1 Å². The summed E-state index contributed by atoms with van der Waals surface area (Å²) in [5, 5.41) is 1.03. The van der Waals surface area contributed by atoms with E-state index in [1.54, 1.807) is 11.2 Å². The molecule has 0 bridgehead atoms. The molecule has 0 radical (unpaired) electrons. The first-order valence-electron chi connectivity index (χ1n) is 5.61. The molecule has 0 atom stereocenters. The highest BCUT2D eigenvalue weighted by molar-refractivity contribution is 5.87. The number of hydrogen-bond acceptors (Lipinski definition) is 4. The maximum atomic E-state index is 10.7. The number of fused-ring (bicyclic) bond motifs is 1. The van der Waals surface area contributed by atoms with Crippen molar-refractivity contribution in [3.63, 3.8) is 0 Å². The number of piperazine rings is 1. The molecule has 0 saturated carbocycles. The fourth-order valence-corrected chi connectivity index (χ4v) is 2.15. The Hall–Kier alpha value is -2.11. The minimum Gasteiger partial charge on any atom is -0.352 e. The molecule has 17 heavy (non-hydrogen) atoms. The SMILES string of the molecule is O=CN1CCN(c2ncnc3[nH]ccc23)CC1. The first-order valence-corrected chi connectivity index (χ1v) is 5.61.